The molecular weight excluding hydrogens is 324 g/mol. The van der Waals surface area contributed by atoms with Gasteiger partial charge in [0.25, 0.3) is 0 Å². The third-order valence-electron chi connectivity index (χ3n) is 6.07. The number of hydrogen-bond acceptors (Lipinski definition) is 3. The lowest BCUT2D eigenvalue weighted by Crippen LogP contribution is -2.52. The van der Waals surface area contributed by atoms with Gasteiger partial charge in [0.05, 0.1) is 0 Å². The summed E-state index contributed by atoms with van der Waals surface area (Å²) in [6.07, 6.45) is 2.37. The Morgan fingerprint density at radius 2 is 1.62 bits per heavy atom. The van der Waals surface area contributed by atoms with Crippen LogP contribution in [0.4, 0.5) is 5.69 Å². The smallest absolute Gasteiger partial charge is 0.326 e. The molecule has 2 unspecified atom stereocenters. The van der Waals surface area contributed by atoms with Gasteiger partial charge < -0.3 is 15.3 Å². The summed E-state index contributed by atoms with van der Waals surface area (Å²) in [7, 11) is 0. The van der Waals surface area contributed by atoms with Crippen LogP contribution in [0.25, 0.3) is 0 Å². The van der Waals surface area contributed by atoms with E-state index in [4.69, 9.17) is 0 Å². The molecule has 2 aromatic rings. The van der Waals surface area contributed by atoms with Crippen LogP contribution in [0.2, 0.25) is 0 Å². The number of rotatable bonds is 6. The van der Waals surface area contributed by atoms with Crippen LogP contribution in [0.3, 0.4) is 0 Å². The molecule has 2 N–H and O–H groups in total. The fraction of sp³-hybridized carbons (Fsp3) is 0.409. The van der Waals surface area contributed by atoms with Gasteiger partial charge in [0.2, 0.25) is 0 Å². The first-order valence-corrected chi connectivity index (χ1v) is 9.54. The molecule has 4 nitrogen and oxygen atoms in total. The van der Waals surface area contributed by atoms with E-state index in [0.717, 1.165) is 30.9 Å². The average Bonchev–Trinajstić information content (AvgIpc) is 2.70. The van der Waals surface area contributed by atoms with Crippen molar-refractivity contribution in [3.8, 4) is 0 Å². The van der Waals surface area contributed by atoms with Crippen molar-refractivity contribution in [2.45, 2.75) is 24.8 Å². The Morgan fingerprint density at radius 1 is 1.00 bits per heavy atom. The van der Waals surface area contributed by atoms with E-state index in [-0.39, 0.29) is 5.92 Å². The molecule has 3 heterocycles. The number of fused-ring (bicyclic) bond motifs is 3. The molecule has 0 aliphatic carbocycles. The molecule has 0 radical (unpaired) electrons. The summed E-state index contributed by atoms with van der Waals surface area (Å²) in [6, 6.07) is 19.3. The van der Waals surface area contributed by atoms with E-state index in [0.29, 0.717) is 11.8 Å². The predicted octanol–water partition coefficient (Wildman–Crippen LogP) is 3.68. The van der Waals surface area contributed by atoms with Crippen LogP contribution in [0, 0.1) is 11.8 Å². The molecule has 2 bridgehead atoms. The highest BCUT2D eigenvalue weighted by molar-refractivity contribution is 5.79. The minimum absolute atomic E-state index is 0.0398. The first-order chi connectivity index (χ1) is 12.7. The molecule has 0 spiro atoms. The second-order valence-electron chi connectivity index (χ2n) is 7.56. The van der Waals surface area contributed by atoms with Crippen molar-refractivity contribution in [1.82, 2.24) is 4.90 Å². The second kappa shape index (κ2) is 7.50. The summed E-state index contributed by atoms with van der Waals surface area (Å²) in [5.41, 5.74) is 1.99. The monoisotopic (exact) mass is 350 g/mol. The fourth-order valence-corrected chi connectivity index (χ4v) is 4.80. The van der Waals surface area contributed by atoms with Crippen LogP contribution in [0.1, 0.15) is 24.3 Å². The number of carboxylic acids is 1. The Kier molecular flexibility index (Phi) is 4.93. The molecular formula is C22H26N2O2. The molecule has 2 aromatic carbocycles. The quantitative estimate of drug-likeness (QED) is 0.834. The van der Waals surface area contributed by atoms with E-state index >= 15 is 0 Å². The fourth-order valence-electron chi connectivity index (χ4n) is 4.80. The Labute approximate surface area is 154 Å². The van der Waals surface area contributed by atoms with Crippen LogP contribution in [0.5, 0.6) is 0 Å². The molecule has 4 heteroatoms. The Hall–Kier alpha value is -2.33. The Morgan fingerprint density at radius 3 is 2.15 bits per heavy atom. The van der Waals surface area contributed by atoms with Gasteiger partial charge in [-0.3, -0.25) is 0 Å². The minimum Gasteiger partial charge on any atom is -0.480 e. The van der Waals surface area contributed by atoms with Gasteiger partial charge in [0.1, 0.15) is 6.04 Å². The third kappa shape index (κ3) is 3.47. The number of piperidine rings is 3. The van der Waals surface area contributed by atoms with Crippen molar-refractivity contribution in [3.05, 3.63) is 66.2 Å². The van der Waals surface area contributed by atoms with Gasteiger partial charge in [-0.1, -0.05) is 48.5 Å². The number of nitrogens with one attached hydrogen (secondary N) is 1. The van der Waals surface area contributed by atoms with E-state index < -0.39 is 12.0 Å². The van der Waals surface area contributed by atoms with E-state index in [2.05, 4.69) is 22.3 Å². The van der Waals surface area contributed by atoms with Crippen molar-refractivity contribution in [3.63, 3.8) is 0 Å². The number of carboxylic acid groups (broad SMARTS) is 1. The average molecular weight is 350 g/mol. The molecule has 3 fully saturated rings. The zero-order valence-corrected chi connectivity index (χ0v) is 14.9. The summed E-state index contributed by atoms with van der Waals surface area (Å²) in [5, 5.41) is 13.4. The summed E-state index contributed by atoms with van der Waals surface area (Å²) in [6.45, 7) is 3.32. The third-order valence-corrected chi connectivity index (χ3v) is 6.07. The van der Waals surface area contributed by atoms with Crippen LogP contribution in [-0.2, 0) is 4.79 Å². The maximum Gasteiger partial charge on any atom is 0.326 e. The van der Waals surface area contributed by atoms with Crippen LogP contribution < -0.4 is 5.32 Å². The van der Waals surface area contributed by atoms with Crippen molar-refractivity contribution in [2.24, 2.45) is 11.8 Å². The first kappa shape index (κ1) is 17.1. The van der Waals surface area contributed by atoms with E-state index in [1.807, 2.05) is 48.5 Å². The molecule has 3 atom stereocenters. The topological polar surface area (TPSA) is 52.6 Å². The number of carbonyl (C=O) groups is 1. The molecule has 0 aromatic heterocycles. The number of para-hydroxylation sites is 1. The minimum atomic E-state index is -0.779. The van der Waals surface area contributed by atoms with E-state index in [1.54, 1.807) is 0 Å². The molecule has 5 rings (SSSR count). The van der Waals surface area contributed by atoms with Gasteiger partial charge in [0, 0.05) is 18.2 Å². The van der Waals surface area contributed by atoms with Crippen molar-refractivity contribution >= 4 is 11.7 Å². The molecule has 3 aliphatic heterocycles. The van der Waals surface area contributed by atoms with Gasteiger partial charge in [-0.15, -0.1) is 0 Å². The highest BCUT2D eigenvalue weighted by Crippen LogP contribution is 2.43. The molecule has 26 heavy (non-hydrogen) atoms. The Balaban J connectivity index is 1.69. The standard InChI is InChI=1S/C22H26N2O2/c25-22(26)21(23-18-9-5-2-6-10-18)20(17-7-3-1-4-8-17)19-15-24-13-11-16(19)12-14-24/h1-10,16,19-21,23H,11-15H2,(H,25,26)/t19-,20?,21?/m1/s1. The van der Waals surface area contributed by atoms with E-state index in [1.165, 1.54) is 12.8 Å². The van der Waals surface area contributed by atoms with Crippen molar-refractivity contribution in [2.75, 3.05) is 25.0 Å². The van der Waals surface area contributed by atoms with Crippen LogP contribution in [0.15, 0.2) is 60.7 Å². The van der Waals surface area contributed by atoms with Gasteiger partial charge >= 0.3 is 5.97 Å². The zero-order chi connectivity index (χ0) is 17.9. The maximum atomic E-state index is 12.3. The molecule has 136 valence electrons. The summed E-state index contributed by atoms with van der Waals surface area (Å²) in [5.74, 6) is 0.169. The highest BCUT2D eigenvalue weighted by atomic mass is 16.4. The Bertz CT molecular complexity index is 726. The number of nitrogens with zero attached hydrogens (tertiary/aromatic N) is 1. The molecule has 0 saturated carbocycles. The molecule has 0 amide bonds. The molecule has 3 aliphatic rings. The number of benzene rings is 2. The second-order valence-corrected chi connectivity index (χ2v) is 7.56. The number of hydrogen-bond donors (Lipinski definition) is 2. The number of anilines is 1. The lowest BCUT2D eigenvalue weighted by molar-refractivity contribution is -0.139. The number of aliphatic carboxylic acids is 1. The predicted molar refractivity (Wildman–Crippen MR) is 103 cm³/mol. The summed E-state index contributed by atoms with van der Waals surface area (Å²) < 4.78 is 0. The lowest BCUT2D eigenvalue weighted by Gasteiger charge is -2.49. The normalized spacial score (nSPS) is 26.8. The summed E-state index contributed by atoms with van der Waals surface area (Å²) in [4.78, 5) is 14.8. The largest absolute Gasteiger partial charge is 0.480 e. The van der Waals surface area contributed by atoms with Crippen LogP contribution >= 0.6 is 0 Å². The van der Waals surface area contributed by atoms with Gasteiger partial charge in [-0.2, -0.15) is 0 Å². The summed E-state index contributed by atoms with van der Waals surface area (Å²) >= 11 is 0. The molecule has 3 saturated heterocycles. The first-order valence-electron chi connectivity index (χ1n) is 9.54. The zero-order valence-electron chi connectivity index (χ0n) is 14.9. The van der Waals surface area contributed by atoms with Crippen molar-refractivity contribution < 1.29 is 9.90 Å². The lowest BCUT2D eigenvalue weighted by atomic mass is 9.68. The van der Waals surface area contributed by atoms with Gasteiger partial charge in [-0.05, 0) is 55.5 Å². The van der Waals surface area contributed by atoms with Gasteiger partial charge in [0.15, 0.2) is 0 Å². The highest BCUT2D eigenvalue weighted by Gasteiger charge is 2.44. The maximum absolute atomic E-state index is 12.3. The van der Waals surface area contributed by atoms with Crippen LogP contribution in [-0.4, -0.2) is 41.7 Å². The van der Waals surface area contributed by atoms with Crippen molar-refractivity contribution in [1.29, 1.82) is 0 Å². The SMILES string of the molecule is O=C(O)C(Nc1ccccc1)C(c1ccccc1)[C@@H]1CN2CCC1CC2. The van der Waals surface area contributed by atoms with E-state index in [9.17, 15) is 9.90 Å². The van der Waals surface area contributed by atoms with Gasteiger partial charge in [-0.25, -0.2) is 4.79 Å².